The van der Waals surface area contributed by atoms with Crippen molar-refractivity contribution in [1.82, 2.24) is 19.7 Å². The van der Waals surface area contributed by atoms with E-state index >= 15 is 0 Å². The highest BCUT2D eigenvalue weighted by molar-refractivity contribution is 5.77. The first-order chi connectivity index (χ1) is 12.7. The molecule has 1 N–H and O–H groups in total. The molecule has 0 amide bonds. The van der Waals surface area contributed by atoms with Gasteiger partial charge in [-0.3, -0.25) is 4.68 Å². The second-order valence-corrected chi connectivity index (χ2v) is 7.36. The molecule has 1 aromatic carbocycles. The predicted octanol–water partition coefficient (Wildman–Crippen LogP) is 3.98. The van der Waals surface area contributed by atoms with Crippen LogP contribution in [0, 0.1) is 12.8 Å². The lowest BCUT2D eigenvalue weighted by Gasteiger charge is -2.29. The van der Waals surface area contributed by atoms with E-state index < -0.39 is 23.7 Å². The molecule has 2 aliphatic carbocycles. The van der Waals surface area contributed by atoms with E-state index in [1.54, 1.807) is 10.9 Å². The summed E-state index contributed by atoms with van der Waals surface area (Å²) in [5.41, 5.74) is 0.285. The number of aromatic hydroxyl groups is 1. The van der Waals surface area contributed by atoms with Crippen LogP contribution in [0.15, 0.2) is 24.5 Å². The molecule has 9 heteroatoms. The molecule has 27 heavy (non-hydrogen) atoms. The highest BCUT2D eigenvalue weighted by Gasteiger charge is 2.70. The van der Waals surface area contributed by atoms with Crippen molar-refractivity contribution >= 4 is 11.2 Å². The molecule has 2 fully saturated rings. The normalized spacial score (nSPS) is 26.7. The molecule has 2 aromatic heterocycles. The number of halogens is 4. The van der Waals surface area contributed by atoms with Gasteiger partial charge in [-0.2, -0.15) is 18.3 Å². The standard InChI is InChI=1S/C18H14F4N4O/c1-8-2-9(18(20,21)22)3-14(27)15(8)12-6-23-13-7-26(25-16(13)24-12)17-4-10(17)11(19)5-17/h2-3,6-7,10-11,27H,4-5H2,1H3. The quantitative estimate of drug-likeness (QED) is 0.685. The van der Waals surface area contributed by atoms with Gasteiger partial charge in [0.15, 0.2) is 5.65 Å². The fraction of sp³-hybridized carbons (Fsp3) is 0.389. The van der Waals surface area contributed by atoms with Crippen molar-refractivity contribution in [2.45, 2.75) is 37.7 Å². The van der Waals surface area contributed by atoms with Crippen LogP contribution in [0.3, 0.4) is 0 Å². The van der Waals surface area contributed by atoms with Crippen molar-refractivity contribution < 1.29 is 22.7 Å². The van der Waals surface area contributed by atoms with Crippen LogP contribution in [0.5, 0.6) is 5.75 Å². The second-order valence-electron chi connectivity index (χ2n) is 7.36. The van der Waals surface area contributed by atoms with Gasteiger partial charge >= 0.3 is 6.18 Å². The molecule has 0 spiro atoms. The van der Waals surface area contributed by atoms with Gasteiger partial charge in [-0.05, 0) is 31.0 Å². The molecule has 3 aromatic rings. The Balaban J connectivity index is 1.56. The molecule has 0 bridgehead atoms. The lowest BCUT2D eigenvalue weighted by molar-refractivity contribution is -0.137. The van der Waals surface area contributed by atoms with Gasteiger partial charge in [0.05, 0.1) is 29.2 Å². The maximum Gasteiger partial charge on any atom is 0.416 e. The van der Waals surface area contributed by atoms with Crippen LogP contribution >= 0.6 is 0 Å². The summed E-state index contributed by atoms with van der Waals surface area (Å²) < 4.78 is 53.8. The molecule has 0 aliphatic heterocycles. The summed E-state index contributed by atoms with van der Waals surface area (Å²) in [6, 6.07) is 1.64. The van der Waals surface area contributed by atoms with Gasteiger partial charge in [-0.1, -0.05) is 0 Å². The van der Waals surface area contributed by atoms with Crippen molar-refractivity contribution in [3.8, 4) is 17.0 Å². The number of aryl methyl sites for hydroxylation is 1. The number of alkyl halides is 4. The Morgan fingerprint density at radius 3 is 2.63 bits per heavy atom. The lowest BCUT2D eigenvalue weighted by Crippen LogP contribution is -2.36. The molecule has 3 atom stereocenters. The third-order valence-electron chi connectivity index (χ3n) is 5.67. The Hall–Kier alpha value is -2.71. The zero-order valence-electron chi connectivity index (χ0n) is 14.1. The maximum absolute atomic E-state index is 13.4. The molecule has 5 rings (SSSR count). The lowest BCUT2D eigenvalue weighted by atomic mass is 9.91. The van der Waals surface area contributed by atoms with E-state index in [9.17, 15) is 22.7 Å². The summed E-state index contributed by atoms with van der Waals surface area (Å²) in [5, 5.41) is 14.5. The van der Waals surface area contributed by atoms with E-state index in [4.69, 9.17) is 0 Å². The van der Waals surface area contributed by atoms with Crippen LogP contribution in [0.2, 0.25) is 0 Å². The number of fused-ring (bicyclic) bond motifs is 2. The van der Waals surface area contributed by atoms with E-state index in [-0.39, 0.29) is 28.3 Å². The highest BCUT2D eigenvalue weighted by atomic mass is 19.4. The Morgan fingerprint density at radius 1 is 1.26 bits per heavy atom. The zero-order chi connectivity index (χ0) is 19.1. The van der Waals surface area contributed by atoms with E-state index in [0.29, 0.717) is 23.7 Å². The average molecular weight is 378 g/mol. The summed E-state index contributed by atoms with van der Waals surface area (Å²) in [7, 11) is 0. The molecular formula is C18H14F4N4O. The summed E-state index contributed by atoms with van der Waals surface area (Å²) in [6.45, 7) is 1.47. The minimum atomic E-state index is -4.55. The number of nitrogens with zero attached hydrogens (tertiary/aromatic N) is 4. The summed E-state index contributed by atoms with van der Waals surface area (Å²) >= 11 is 0. The van der Waals surface area contributed by atoms with Gasteiger partial charge in [-0.15, -0.1) is 0 Å². The van der Waals surface area contributed by atoms with Gasteiger partial charge in [-0.25, -0.2) is 14.4 Å². The molecule has 0 saturated heterocycles. The molecule has 2 heterocycles. The SMILES string of the molecule is Cc1cc(C(F)(F)F)cc(O)c1-c1cnc2cn(C34CC(F)C3C4)nc2n1. The fourth-order valence-corrected chi connectivity index (χ4v) is 4.11. The minimum absolute atomic E-state index is 0.00696. The van der Waals surface area contributed by atoms with Crippen molar-refractivity contribution in [3.05, 3.63) is 35.7 Å². The largest absolute Gasteiger partial charge is 0.507 e. The first-order valence-corrected chi connectivity index (χ1v) is 8.47. The number of phenols is 1. The second kappa shape index (κ2) is 4.96. The topological polar surface area (TPSA) is 63.8 Å². The van der Waals surface area contributed by atoms with Gasteiger partial charge in [0.2, 0.25) is 0 Å². The smallest absolute Gasteiger partial charge is 0.416 e. The predicted molar refractivity (Wildman–Crippen MR) is 87.8 cm³/mol. The summed E-state index contributed by atoms with van der Waals surface area (Å²) in [6.07, 6.45) is -1.06. The van der Waals surface area contributed by atoms with E-state index in [2.05, 4.69) is 15.1 Å². The number of aromatic nitrogens is 4. The van der Waals surface area contributed by atoms with Crippen LogP contribution in [0.25, 0.3) is 22.4 Å². The number of rotatable bonds is 2. The van der Waals surface area contributed by atoms with Crippen LogP contribution in [-0.4, -0.2) is 31.0 Å². The monoisotopic (exact) mass is 378 g/mol. The van der Waals surface area contributed by atoms with E-state index in [0.717, 1.165) is 12.5 Å². The van der Waals surface area contributed by atoms with Crippen LogP contribution in [0.1, 0.15) is 24.0 Å². The summed E-state index contributed by atoms with van der Waals surface area (Å²) in [4.78, 5) is 8.63. The van der Waals surface area contributed by atoms with Crippen LogP contribution < -0.4 is 0 Å². The first-order valence-electron chi connectivity index (χ1n) is 8.47. The van der Waals surface area contributed by atoms with Crippen molar-refractivity contribution in [2.24, 2.45) is 5.92 Å². The Kier molecular flexibility index (Phi) is 3.03. The Labute approximate surface area is 150 Å². The molecule has 5 nitrogen and oxygen atoms in total. The molecular weight excluding hydrogens is 364 g/mol. The Bertz CT molecular complexity index is 1070. The van der Waals surface area contributed by atoms with Crippen molar-refractivity contribution in [3.63, 3.8) is 0 Å². The number of benzene rings is 1. The van der Waals surface area contributed by atoms with Gasteiger partial charge in [0.1, 0.15) is 17.4 Å². The van der Waals surface area contributed by atoms with E-state index in [1.807, 2.05) is 0 Å². The maximum atomic E-state index is 13.4. The molecule has 3 unspecified atom stereocenters. The van der Waals surface area contributed by atoms with Crippen molar-refractivity contribution in [2.75, 3.05) is 0 Å². The average Bonchev–Trinajstić information content (AvgIpc) is 2.99. The highest BCUT2D eigenvalue weighted by Crippen LogP contribution is 2.66. The van der Waals surface area contributed by atoms with Gasteiger partial charge in [0.25, 0.3) is 0 Å². The molecule has 0 radical (unpaired) electrons. The third-order valence-corrected chi connectivity index (χ3v) is 5.67. The molecule has 2 saturated carbocycles. The van der Waals surface area contributed by atoms with Crippen LogP contribution in [0.4, 0.5) is 17.6 Å². The summed E-state index contributed by atoms with van der Waals surface area (Å²) in [5.74, 6) is -0.525. The van der Waals surface area contributed by atoms with Crippen molar-refractivity contribution in [1.29, 1.82) is 0 Å². The molecule has 2 aliphatic rings. The molecule has 140 valence electrons. The number of hydrogen-bond acceptors (Lipinski definition) is 4. The van der Waals surface area contributed by atoms with Gasteiger partial charge in [0, 0.05) is 17.9 Å². The third kappa shape index (κ3) is 2.26. The zero-order valence-corrected chi connectivity index (χ0v) is 14.1. The number of hydrogen-bond donors (Lipinski definition) is 1. The van der Waals surface area contributed by atoms with Crippen LogP contribution in [-0.2, 0) is 11.7 Å². The Morgan fingerprint density at radius 2 is 2.04 bits per heavy atom. The van der Waals surface area contributed by atoms with Gasteiger partial charge < -0.3 is 5.11 Å². The minimum Gasteiger partial charge on any atom is -0.507 e. The first kappa shape index (κ1) is 16.5. The van der Waals surface area contributed by atoms with E-state index in [1.165, 1.54) is 13.1 Å². The number of phenolic OH excluding ortho intramolecular Hbond substituents is 1. The fourth-order valence-electron chi connectivity index (χ4n) is 4.11.